The van der Waals surface area contributed by atoms with Crippen molar-refractivity contribution in [2.24, 2.45) is 16.3 Å². The van der Waals surface area contributed by atoms with E-state index in [1.807, 2.05) is 7.05 Å². The molecule has 2 aliphatic heterocycles. The van der Waals surface area contributed by atoms with E-state index in [0.717, 1.165) is 12.6 Å². The van der Waals surface area contributed by atoms with Crippen LogP contribution in [0.4, 0.5) is 0 Å². The van der Waals surface area contributed by atoms with Crippen LogP contribution >= 0.6 is 0 Å². The highest BCUT2D eigenvalue weighted by molar-refractivity contribution is 5.80. The molecule has 0 aromatic carbocycles. The van der Waals surface area contributed by atoms with E-state index in [4.69, 9.17) is 4.74 Å². The Bertz CT molecular complexity index is 492. The minimum absolute atomic E-state index is 0.389. The smallest absolute Gasteiger partial charge is 0.191 e. The van der Waals surface area contributed by atoms with Crippen molar-refractivity contribution in [2.45, 2.75) is 83.0 Å². The quantitative estimate of drug-likeness (QED) is 0.607. The largest absolute Gasteiger partial charge is 0.377 e. The second kappa shape index (κ2) is 7.07. The molecule has 0 aromatic rings. The molecule has 5 nitrogen and oxygen atoms in total. The lowest BCUT2D eigenvalue weighted by molar-refractivity contribution is -0.125. The molecule has 142 valence electrons. The monoisotopic (exact) mass is 348 g/mol. The Labute approximate surface area is 153 Å². The van der Waals surface area contributed by atoms with E-state index in [9.17, 15) is 0 Å². The lowest BCUT2D eigenvalue weighted by atomic mass is 9.54. The van der Waals surface area contributed by atoms with Gasteiger partial charge in [-0.25, -0.2) is 0 Å². The zero-order chi connectivity index (χ0) is 17.4. The van der Waals surface area contributed by atoms with Crippen LogP contribution in [0, 0.1) is 11.3 Å². The fourth-order valence-corrected chi connectivity index (χ4v) is 5.98. The normalized spacial score (nSPS) is 35.8. The Morgan fingerprint density at radius 2 is 1.84 bits per heavy atom. The number of nitrogens with zero attached hydrogens (tertiary/aromatic N) is 2. The predicted octanol–water partition coefficient (Wildman–Crippen LogP) is 2.37. The summed E-state index contributed by atoms with van der Waals surface area (Å²) in [6.07, 6.45) is 9.54. The van der Waals surface area contributed by atoms with Crippen LogP contribution in [0.3, 0.4) is 0 Å². The maximum Gasteiger partial charge on any atom is 0.191 e. The number of hydrogen-bond donors (Lipinski definition) is 2. The number of hydrogen-bond acceptors (Lipinski definition) is 3. The van der Waals surface area contributed by atoms with Crippen LogP contribution in [-0.4, -0.2) is 61.8 Å². The molecular weight excluding hydrogens is 312 g/mol. The summed E-state index contributed by atoms with van der Waals surface area (Å²) >= 11 is 0. The Morgan fingerprint density at radius 1 is 1.12 bits per heavy atom. The summed E-state index contributed by atoms with van der Waals surface area (Å²) < 4.78 is 6.11. The molecule has 2 N–H and O–H groups in total. The summed E-state index contributed by atoms with van der Waals surface area (Å²) in [5, 5.41) is 7.56. The van der Waals surface area contributed by atoms with Gasteiger partial charge in [-0.2, -0.15) is 0 Å². The van der Waals surface area contributed by atoms with Gasteiger partial charge < -0.3 is 20.3 Å². The molecule has 4 aliphatic rings. The maximum atomic E-state index is 6.11. The molecule has 2 aliphatic carbocycles. The summed E-state index contributed by atoms with van der Waals surface area (Å²) in [6, 6.07) is 1.77. The average Bonchev–Trinajstić information content (AvgIpc) is 3.27. The third kappa shape index (κ3) is 3.08. The minimum atomic E-state index is 0.389. The first kappa shape index (κ1) is 17.6. The molecule has 4 rings (SSSR count). The molecule has 1 spiro atoms. The fourth-order valence-electron chi connectivity index (χ4n) is 5.98. The molecule has 0 aromatic heterocycles. The topological polar surface area (TPSA) is 48.9 Å². The minimum Gasteiger partial charge on any atom is -0.377 e. The molecule has 0 amide bonds. The first-order chi connectivity index (χ1) is 12.1. The molecule has 0 radical (unpaired) electrons. The summed E-state index contributed by atoms with van der Waals surface area (Å²) in [6.45, 7) is 7.93. The van der Waals surface area contributed by atoms with Crippen LogP contribution in [0.15, 0.2) is 4.99 Å². The van der Waals surface area contributed by atoms with Gasteiger partial charge in [0.1, 0.15) is 0 Å². The van der Waals surface area contributed by atoms with Crippen molar-refractivity contribution in [2.75, 3.05) is 26.7 Å². The third-order valence-corrected chi connectivity index (χ3v) is 7.40. The molecular formula is C20H36N4O. The highest BCUT2D eigenvalue weighted by Crippen LogP contribution is 2.60. The Morgan fingerprint density at radius 3 is 2.48 bits per heavy atom. The van der Waals surface area contributed by atoms with Crippen molar-refractivity contribution < 1.29 is 4.74 Å². The van der Waals surface area contributed by atoms with Gasteiger partial charge in [0.2, 0.25) is 0 Å². The third-order valence-electron chi connectivity index (χ3n) is 7.40. The lowest BCUT2D eigenvalue weighted by Gasteiger charge is -2.57. The highest BCUT2D eigenvalue weighted by atomic mass is 16.5. The van der Waals surface area contributed by atoms with Gasteiger partial charge in [0.25, 0.3) is 0 Å². The van der Waals surface area contributed by atoms with Crippen LogP contribution in [0.2, 0.25) is 0 Å². The number of ether oxygens (including phenoxy) is 1. The van der Waals surface area contributed by atoms with Gasteiger partial charge >= 0.3 is 0 Å². The number of fused-ring (bicyclic) bond motifs is 2. The number of aliphatic imine (C=N–C) groups is 1. The van der Waals surface area contributed by atoms with E-state index in [1.165, 1.54) is 58.0 Å². The van der Waals surface area contributed by atoms with E-state index in [-0.39, 0.29) is 0 Å². The summed E-state index contributed by atoms with van der Waals surface area (Å²) in [5.41, 5.74) is 0.389. The first-order valence-corrected chi connectivity index (χ1v) is 10.5. The maximum absolute atomic E-state index is 6.11. The molecule has 2 saturated heterocycles. The van der Waals surface area contributed by atoms with Gasteiger partial charge in [-0.1, -0.05) is 12.8 Å². The van der Waals surface area contributed by atoms with E-state index < -0.39 is 0 Å². The second-order valence-electron chi connectivity index (χ2n) is 8.93. The highest BCUT2D eigenvalue weighted by Gasteiger charge is 2.65. The van der Waals surface area contributed by atoms with Gasteiger partial charge in [-0.3, -0.25) is 4.99 Å². The van der Waals surface area contributed by atoms with E-state index >= 15 is 0 Å². The first-order valence-electron chi connectivity index (χ1n) is 10.5. The summed E-state index contributed by atoms with van der Waals surface area (Å²) in [5.74, 6) is 1.71. The van der Waals surface area contributed by atoms with Crippen LogP contribution in [0.25, 0.3) is 0 Å². The Kier molecular flexibility index (Phi) is 4.98. The SMILES string of the molecule is CN=C(NC1CCN(C(C)C)CC1)NC1C2CCOC2C12CCCC2. The van der Waals surface area contributed by atoms with Gasteiger partial charge in [0, 0.05) is 56.2 Å². The standard InChI is InChI=1S/C20H36N4O/c1-14(2)24-11-6-15(7-12-24)22-19(21-3)23-17-16-8-13-25-18(16)20(17)9-4-5-10-20/h14-18H,4-13H2,1-3H3,(H2,21,22,23). The number of guanidine groups is 1. The number of piperidine rings is 1. The van der Waals surface area contributed by atoms with Crippen molar-refractivity contribution >= 4 is 5.96 Å². The van der Waals surface area contributed by atoms with Crippen molar-refractivity contribution in [3.05, 3.63) is 0 Å². The second-order valence-corrected chi connectivity index (χ2v) is 8.93. The van der Waals surface area contributed by atoms with Crippen molar-refractivity contribution in [3.63, 3.8) is 0 Å². The van der Waals surface area contributed by atoms with E-state index in [2.05, 4.69) is 34.4 Å². The van der Waals surface area contributed by atoms with Gasteiger partial charge in [0.15, 0.2) is 5.96 Å². The fraction of sp³-hybridized carbons (Fsp3) is 0.950. The van der Waals surface area contributed by atoms with Crippen LogP contribution in [0.1, 0.15) is 58.8 Å². The zero-order valence-corrected chi connectivity index (χ0v) is 16.3. The van der Waals surface area contributed by atoms with Gasteiger partial charge in [-0.15, -0.1) is 0 Å². The molecule has 3 unspecified atom stereocenters. The summed E-state index contributed by atoms with van der Waals surface area (Å²) in [7, 11) is 1.92. The van der Waals surface area contributed by atoms with Crippen LogP contribution in [-0.2, 0) is 4.74 Å². The molecule has 5 heteroatoms. The van der Waals surface area contributed by atoms with Gasteiger partial charge in [0.05, 0.1) is 6.10 Å². The molecule has 3 atom stereocenters. The van der Waals surface area contributed by atoms with E-state index in [1.54, 1.807) is 0 Å². The van der Waals surface area contributed by atoms with Crippen LogP contribution < -0.4 is 10.6 Å². The molecule has 4 fully saturated rings. The average molecular weight is 349 g/mol. The van der Waals surface area contributed by atoms with Crippen LogP contribution in [0.5, 0.6) is 0 Å². The zero-order valence-electron chi connectivity index (χ0n) is 16.3. The molecule has 2 heterocycles. The summed E-state index contributed by atoms with van der Waals surface area (Å²) in [4.78, 5) is 7.14. The Hall–Kier alpha value is -0.810. The van der Waals surface area contributed by atoms with Crippen molar-refractivity contribution in [3.8, 4) is 0 Å². The van der Waals surface area contributed by atoms with Crippen molar-refractivity contribution in [1.82, 2.24) is 15.5 Å². The van der Waals surface area contributed by atoms with E-state index in [0.29, 0.717) is 35.6 Å². The number of nitrogens with one attached hydrogen (secondary N) is 2. The molecule has 2 saturated carbocycles. The number of rotatable bonds is 3. The molecule has 25 heavy (non-hydrogen) atoms. The Balaban J connectivity index is 1.35. The number of likely N-dealkylation sites (tertiary alicyclic amines) is 1. The lowest BCUT2D eigenvalue weighted by Crippen LogP contribution is -2.69. The predicted molar refractivity (Wildman–Crippen MR) is 102 cm³/mol. The molecule has 0 bridgehead atoms. The van der Waals surface area contributed by atoms with Crippen molar-refractivity contribution in [1.29, 1.82) is 0 Å². The van der Waals surface area contributed by atoms with Gasteiger partial charge in [-0.05, 0) is 46.0 Å².